The molecule has 1 atom stereocenters. The molecule has 9 heteroatoms. The largest absolute Gasteiger partial charge is 0.457 e. The van der Waals surface area contributed by atoms with Gasteiger partial charge in [-0.3, -0.25) is 24.1 Å². The average molecular weight is 1060 g/mol. The summed E-state index contributed by atoms with van der Waals surface area (Å²) in [6.45, 7) is 36.7. The summed E-state index contributed by atoms with van der Waals surface area (Å²) in [4.78, 5) is 66.2. The molecule has 2 aliphatic heterocycles. The first-order chi connectivity index (χ1) is 37.2. The molecule has 0 saturated carbocycles. The number of anilines is 2. The fourth-order valence-electron chi connectivity index (χ4n) is 11.9. The van der Waals surface area contributed by atoms with E-state index in [1.54, 1.807) is 6.07 Å². The third kappa shape index (κ3) is 9.59. The molecule has 0 N–H and O–H groups in total. The molecule has 0 bridgehead atoms. The summed E-state index contributed by atoms with van der Waals surface area (Å²) >= 11 is 0. The zero-order valence-electron chi connectivity index (χ0n) is 49.6. The number of hydrogen-bond donors (Lipinski definition) is 0. The second kappa shape index (κ2) is 19.8. The molecule has 8 aromatic carbocycles. The van der Waals surface area contributed by atoms with E-state index in [4.69, 9.17) is 9.47 Å². The summed E-state index contributed by atoms with van der Waals surface area (Å²) in [7, 11) is 0. The van der Waals surface area contributed by atoms with E-state index >= 15 is 19.2 Å². The number of unbranched alkanes of at least 4 members (excludes halogenated alkanes) is 1. The van der Waals surface area contributed by atoms with Gasteiger partial charge in [0.25, 0.3) is 23.6 Å². The van der Waals surface area contributed by atoms with E-state index in [2.05, 4.69) is 152 Å². The van der Waals surface area contributed by atoms with Crippen LogP contribution >= 0.6 is 0 Å². The molecule has 4 amide bonds. The van der Waals surface area contributed by atoms with E-state index < -0.39 is 11.8 Å². The van der Waals surface area contributed by atoms with Gasteiger partial charge in [-0.25, -0.2) is 4.90 Å². The van der Waals surface area contributed by atoms with Crippen LogP contribution in [0.2, 0.25) is 0 Å². The number of amides is 4. The SMILES string of the molecule is CCCCC(CC)CN1C(=O)c2ccc3c4c(Oc5cc(C(C)(C)C)cc(C(C)(C)C)c5)cc5c6c(ccc(c7c(Oc8cc(C(C)(C)C)cc(C(C)(C)C)c8)cc(c2c37)C1=O)c64)C(=O)N(c1ccc(N(CC)CC)cc1)C5=O. The molecule has 1 unspecified atom stereocenters. The van der Waals surface area contributed by atoms with Gasteiger partial charge in [-0.2, -0.15) is 0 Å². The first kappa shape index (κ1) is 55.1. The van der Waals surface area contributed by atoms with Crippen molar-refractivity contribution < 1.29 is 28.7 Å². The Hall–Kier alpha value is -7.26. The zero-order chi connectivity index (χ0) is 57.0. The van der Waals surface area contributed by atoms with Gasteiger partial charge in [-0.05, 0) is 154 Å². The van der Waals surface area contributed by atoms with Crippen molar-refractivity contribution in [2.24, 2.45) is 5.92 Å². The fraction of sp³-hybridized carbons (Fsp3) is 0.400. The Bertz CT molecular complexity index is 3710. The second-order valence-corrected chi connectivity index (χ2v) is 26.4. The lowest BCUT2D eigenvalue weighted by Crippen LogP contribution is -2.43. The summed E-state index contributed by atoms with van der Waals surface area (Å²) in [6.07, 6.45) is 3.77. The molecule has 0 aromatic heterocycles. The van der Waals surface area contributed by atoms with Gasteiger partial charge < -0.3 is 14.4 Å². The molecule has 0 fully saturated rings. The summed E-state index contributed by atoms with van der Waals surface area (Å²) in [5, 5.41) is 5.11. The summed E-state index contributed by atoms with van der Waals surface area (Å²) < 4.78 is 14.7. The maximum absolute atomic E-state index is 15.5. The van der Waals surface area contributed by atoms with Crippen LogP contribution in [0.3, 0.4) is 0 Å². The first-order valence-corrected chi connectivity index (χ1v) is 28.7. The topological polar surface area (TPSA) is 96.5 Å². The second-order valence-electron chi connectivity index (χ2n) is 26.4. The number of ether oxygens (including phenoxy) is 2. The van der Waals surface area contributed by atoms with Crippen molar-refractivity contribution in [3.63, 3.8) is 0 Å². The van der Waals surface area contributed by atoms with Crippen molar-refractivity contribution in [1.82, 2.24) is 4.90 Å². The molecule has 79 heavy (non-hydrogen) atoms. The van der Waals surface area contributed by atoms with Gasteiger partial charge in [0, 0.05) is 68.8 Å². The lowest BCUT2D eigenvalue weighted by molar-refractivity contribution is 0.0579. The van der Waals surface area contributed by atoms with Gasteiger partial charge in [0.1, 0.15) is 23.0 Å². The van der Waals surface area contributed by atoms with E-state index in [9.17, 15) is 0 Å². The Labute approximate surface area is 467 Å². The van der Waals surface area contributed by atoms with Gasteiger partial charge in [-0.1, -0.05) is 140 Å². The highest BCUT2D eigenvalue weighted by Crippen LogP contribution is 2.54. The van der Waals surface area contributed by atoms with Crippen molar-refractivity contribution in [2.45, 2.75) is 158 Å². The van der Waals surface area contributed by atoms with Crippen molar-refractivity contribution in [3.05, 3.63) is 142 Å². The molecule has 9 nitrogen and oxygen atoms in total. The highest BCUT2D eigenvalue weighted by atomic mass is 16.5. The smallest absolute Gasteiger partial charge is 0.266 e. The number of nitrogens with zero attached hydrogens (tertiary/aromatic N) is 3. The third-order valence-corrected chi connectivity index (χ3v) is 16.8. The monoisotopic (exact) mass is 1060 g/mol. The number of carbonyl (C=O) groups excluding carboxylic acids is 4. The quantitative estimate of drug-likeness (QED) is 0.0608. The van der Waals surface area contributed by atoms with Gasteiger partial charge >= 0.3 is 0 Å². The van der Waals surface area contributed by atoms with Crippen LogP contribution in [0.15, 0.2) is 97.1 Å². The molecule has 0 spiro atoms. The van der Waals surface area contributed by atoms with Crippen LogP contribution in [0, 0.1) is 5.92 Å². The Morgan fingerprint density at radius 1 is 0.456 bits per heavy atom. The Morgan fingerprint density at radius 3 is 1.27 bits per heavy atom. The van der Waals surface area contributed by atoms with E-state index in [1.165, 1.54) is 9.80 Å². The lowest BCUT2D eigenvalue weighted by Gasteiger charge is -2.33. The van der Waals surface area contributed by atoms with Crippen LogP contribution in [0.4, 0.5) is 11.4 Å². The van der Waals surface area contributed by atoms with Gasteiger partial charge in [-0.15, -0.1) is 0 Å². The van der Waals surface area contributed by atoms with Gasteiger partial charge in [0.05, 0.1) is 16.8 Å². The minimum atomic E-state index is -0.470. The summed E-state index contributed by atoms with van der Waals surface area (Å²) in [5.74, 6) is 0.596. The van der Waals surface area contributed by atoms with Crippen LogP contribution < -0.4 is 19.3 Å². The predicted octanol–water partition coefficient (Wildman–Crippen LogP) is 18.0. The molecular weight excluding hydrogens is 979 g/mol. The highest BCUT2D eigenvalue weighted by Gasteiger charge is 2.40. The molecule has 0 saturated heterocycles. The maximum atomic E-state index is 15.5. The van der Waals surface area contributed by atoms with Gasteiger partial charge in [0.15, 0.2) is 0 Å². The van der Waals surface area contributed by atoms with Crippen LogP contribution in [-0.4, -0.2) is 48.2 Å². The number of fused-ring (bicyclic) bond motifs is 2. The fourth-order valence-corrected chi connectivity index (χ4v) is 11.9. The minimum Gasteiger partial charge on any atom is -0.457 e. The van der Waals surface area contributed by atoms with Crippen molar-refractivity contribution in [2.75, 3.05) is 29.4 Å². The predicted molar refractivity (Wildman–Crippen MR) is 325 cm³/mol. The van der Waals surface area contributed by atoms with E-state index in [0.29, 0.717) is 101 Å². The zero-order valence-corrected chi connectivity index (χ0v) is 49.6. The molecule has 8 aromatic rings. The number of hydrogen-bond acceptors (Lipinski definition) is 7. The molecule has 10 rings (SSSR count). The molecular formula is C70H79N3O6. The van der Waals surface area contributed by atoms with Crippen LogP contribution in [0.25, 0.3) is 43.1 Å². The van der Waals surface area contributed by atoms with E-state index in [1.807, 2.05) is 54.6 Å². The molecule has 2 aliphatic rings. The summed E-state index contributed by atoms with van der Waals surface area (Å²) in [5.41, 5.74) is 6.44. The number of rotatable bonds is 14. The molecule has 410 valence electrons. The van der Waals surface area contributed by atoms with E-state index in [-0.39, 0.29) is 39.4 Å². The van der Waals surface area contributed by atoms with Crippen LogP contribution in [-0.2, 0) is 21.7 Å². The number of carbonyl (C=O) groups is 4. The van der Waals surface area contributed by atoms with Crippen molar-refractivity contribution in [3.8, 4) is 23.0 Å². The lowest BCUT2D eigenvalue weighted by atomic mass is 9.80. The Kier molecular flexibility index (Phi) is 13.8. The van der Waals surface area contributed by atoms with Crippen LogP contribution in [0.1, 0.15) is 200 Å². The highest BCUT2D eigenvalue weighted by molar-refractivity contribution is 6.45. The average Bonchev–Trinajstić information content (AvgIpc) is 3.07. The van der Waals surface area contributed by atoms with Crippen molar-refractivity contribution in [1.29, 1.82) is 0 Å². The molecule has 0 radical (unpaired) electrons. The third-order valence-electron chi connectivity index (χ3n) is 16.8. The molecule has 0 aliphatic carbocycles. The normalized spacial score (nSPS) is 14.7. The molecule has 2 heterocycles. The first-order valence-electron chi connectivity index (χ1n) is 28.7. The van der Waals surface area contributed by atoms with Crippen molar-refractivity contribution >= 4 is 78.1 Å². The van der Waals surface area contributed by atoms with Crippen LogP contribution in [0.5, 0.6) is 23.0 Å². The standard InChI is InChI=1S/C70H79N3O6/c1-17-21-22-40(18-2)39-72-63(74)51-29-27-49-60-56(79-48-35-43(69(11,12)13)32-44(36-48)70(14,15)16)38-54-58-52(65(76)73(66(54)77)46-25-23-45(24-26-46)71(19-3)20-4)30-28-50(62(58)60)59-55(37-53(64(72)75)57(51)61(49)59)78-47-33-41(67(5,6)7)31-42(34-47)68(8,9)10/h23-38,40H,17-22,39H2,1-16H3. The minimum absolute atomic E-state index is 0.143. The number of imide groups is 2. The van der Waals surface area contributed by atoms with E-state index in [0.717, 1.165) is 66.7 Å². The number of benzene rings is 8. The maximum Gasteiger partial charge on any atom is 0.266 e. The summed E-state index contributed by atoms with van der Waals surface area (Å²) in [6, 6.07) is 31.7. The van der Waals surface area contributed by atoms with Gasteiger partial charge in [0.2, 0.25) is 0 Å². The Morgan fingerprint density at radius 2 is 0.861 bits per heavy atom. The Balaban J connectivity index is 1.32.